The lowest BCUT2D eigenvalue weighted by atomic mass is 10.2. The molecule has 110 valence electrons. The minimum absolute atomic E-state index is 0.0318. The summed E-state index contributed by atoms with van der Waals surface area (Å²) < 4.78 is 16.3. The minimum Gasteiger partial charge on any atom is -0.462 e. The van der Waals surface area contributed by atoms with Crippen molar-refractivity contribution in [1.82, 2.24) is 0 Å². The van der Waals surface area contributed by atoms with Crippen molar-refractivity contribution in [2.75, 3.05) is 19.8 Å². The number of hydrogen-bond acceptors (Lipinski definition) is 4. The largest absolute Gasteiger partial charge is 0.462 e. The van der Waals surface area contributed by atoms with Crippen molar-refractivity contribution in [3.8, 4) is 0 Å². The van der Waals surface area contributed by atoms with E-state index in [0.717, 1.165) is 32.3 Å². The number of ether oxygens (including phenoxy) is 3. The fourth-order valence-corrected chi connectivity index (χ4v) is 2.08. The van der Waals surface area contributed by atoms with E-state index >= 15 is 0 Å². The van der Waals surface area contributed by atoms with Gasteiger partial charge in [-0.05, 0) is 44.2 Å². The van der Waals surface area contributed by atoms with E-state index in [1.165, 1.54) is 6.42 Å². The highest BCUT2D eigenvalue weighted by atomic mass is 16.7. The van der Waals surface area contributed by atoms with E-state index in [2.05, 4.69) is 0 Å². The van der Waals surface area contributed by atoms with Crippen molar-refractivity contribution in [3.63, 3.8) is 0 Å². The predicted octanol–water partition coefficient (Wildman–Crippen LogP) is 3.17. The topological polar surface area (TPSA) is 44.8 Å². The molecule has 1 aliphatic heterocycles. The lowest BCUT2D eigenvalue weighted by Crippen LogP contribution is -2.22. The second kappa shape index (κ2) is 8.72. The van der Waals surface area contributed by atoms with Crippen molar-refractivity contribution in [2.45, 2.75) is 38.4 Å². The van der Waals surface area contributed by atoms with Crippen LogP contribution in [-0.2, 0) is 14.2 Å². The zero-order valence-electron chi connectivity index (χ0n) is 11.8. The van der Waals surface area contributed by atoms with Crippen LogP contribution in [0.3, 0.4) is 0 Å². The standard InChI is InChI=1S/C16H22O4/c17-16(14-8-2-1-3-9-14)20-13-7-6-12-19-15-10-4-5-11-18-15/h1-3,8-9,15H,4-7,10-13H2. The lowest BCUT2D eigenvalue weighted by Gasteiger charge is -2.22. The van der Waals surface area contributed by atoms with E-state index in [1.807, 2.05) is 18.2 Å². The average Bonchev–Trinajstić information content (AvgIpc) is 2.52. The summed E-state index contributed by atoms with van der Waals surface area (Å²) in [7, 11) is 0. The Morgan fingerprint density at radius 1 is 1.15 bits per heavy atom. The Morgan fingerprint density at radius 2 is 1.95 bits per heavy atom. The number of unbranched alkanes of at least 4 members (excludes halogenated alkanes) is 1. The zero-order chi connectivity index (χ0) is 14.0. The molecule has 0 amide bonds. The van der Waals surface area contributed by atoms with Crippen molar-refractivity contribution in [1.29, 1.82) is 0 Å². The number of benzene rings is 1. The summed E-state index contributed by atoms with van der Waals surface area (Å²) in [6, 6.07) is 9.04. The second-order valence-electron chi connectivity index (χ2n) is 4.88. The summed E-state index contributed by atoms with van der Waals surface area (Å²) in [5.74, 6) is -0.262. The molecule has 4 nitrogen and oxygen atoms in total. The molecular weight excluding hydrogens is 256 g/mol. The van der Waals surface area contributed by atoms with E-state index in [9.17, 15) is 4.79 Å². The summed E-state index contributed by atoms with van der Waals surface area (Å²) in [6.45, 7) is 1.90. The first kappa shape index (κ1) is 15.0. The Kier molecular flexibility index (Phi) is 6.54. The fraction of sp³-hybridized carbons (Fsp3) is 0.562. The van der Waals surface area contributed by atoms with Crippen molar-refractivity contribution >= 4 is 5.97 Å². The molecule has 1 aromatic carbocycles. The average molecular weight is 278 g/mol. The summed E-state index contributed by atoms with van der Waals surface area (Å²) in [6.07, 6.45) is 4.96. The van der Waals surface area contributed by atoms with Gasteiger partial charge in [-0.3, -0.25) is 0 Å². The van der Waals surface area contributed by atoms with Gasteiger partial charge in [0.1, 0.15) is 0 Å². The molecule has 20 heavy (non-hydrogen) atoms. The Balaban J connectivity index is 1.50. The van der Waals surface area contributed by atoms with Gasteiger partial charge >= 0.3 is 5.97 Å². The molecule has 0 aromatic heterocycles. The Labute approximate surface area is 120 Å². The van der Waals surface area contributed by atoms with Gasteiger partial charge in [0.15, 0.2) is 6.29 Å². The van der Waals surface area contributed by atoms with Crippen LogP contribution in [0.15, 0.2) is 30.3 Å². The van der Waals surface area contributed by atoms with Crippen LogP contribution in [0.4, 0.5) is 0 Å². The van der Waals surface area contributed by atoms with Crippen LogP contribution >= 0.6 is 0 Å². The molecule has 0 bridgehead atoms. The van der Waals surface area contributed by atoms with Gasteiger partial charge in [0.2, 0.25) is 0 Å². The van der Waals surface area contributed by atoms with Gasteiger partial charge in [-0.1, -0.05) is 18.2 Å². The van der Waals surface area contributed by atoms with Gasteiger partial charge in [-0.25, -0.2) is 4.79 Å². The lowest BCUT2D eigenvalue weighted by molar-refractivity contribution is -0.163. The molecule has 0 radical (unpaired) electrons. The molecule has 4 heteroatoms. The number of hydrogen-bond donors (Lipinski definition) is 0. The predicted molar refractivity (Wildman–Crippen MR) is 75.5 cm³/mol. The van der Waals surface area contributed by atoms with Crippen LogP contribution in [0.1, 0.15) is 42.5 Å². The minimum atomic E-state index is -0.262. The highest BCUT2D eigenvalue weighted by molar-refractivity contribution is 5.89. The zero-order valence-corrected chi connectivity index (χ0v) is 11.8. The second-order valence-corrected chi connectivity index (χ2v) is 4.88. The molecule has 2 rings (SSSR count). The number of esters is 1. The third-order valence-corrected chi connectivity index (χ3v) is 3.22. The molecule has 0 saturated carbocycles. The molecule has 1 fully saturated rings. The van der Waals surface area contributed by atoms with Gasteiger partial charge in [0, 0.05) is 13.2 Å². The van der Waals surface area contributed by atoms with Crippen LogP contribution in [0.25, 0.3) is 0 Å². The normalized spacial score (nSPS) is 18.7. The molecule has 0 spiro atoms. The third kappa shape index (κ3) is 5.31. The van der Waals surface area contributed by atoms with Crippen LogP contribution in [0, 0.1) is 0 Å². The molecular formula is C16H22O4. The Bertz CT molecular complexity index is 385. The van der Waals surface area contributed by atoms with Crippen molar-refractivity contribution in [3.05, 3.63) is 35.9 Å². The fourth-order valence-electron chi connectivity index (χ4n) is 2.08. The summed E-state index contributed by atoms with van der Waals surface area (Å²) in [5.41, 5.74) is 0.597. The van der Waals surface area contributed by atoms with Crippen LogP contribution in [-0.4, -0.2) is 32.1 Å². The van der Waals surface area contributed by atoms with Crippen molar-refractivity contribution < 1.29 is 19.0 Å². The monoisotopic (exact) mass is 278 g/mol. The van der Waals surface area contributed by atoms with Crippen LogP contribution < -0.4 is 0 Å². The first-order valence-corrected chi connectivity index (χ1v) is 7.31. The molecule has 1 heterocycles. The smallest absolute Gasteiger partial charge is 0.338 e. The number of rotatable bonds is 7. The van der Waals surface area contributed by atoms with Gasteiger partial charge in [-0.2, -0.15) is 0 Å². The van der Waals surface area contributed by atoms with Crippen LogP contribution in [0.5, 0.6) is 0 Å². The van der Waals surface area contributed by atoms with Gasteiger partial charge < -0.3 is 14.2 Å². The van der Waals surface area contributed by atoms with E-state index in [-0.39, 0.29) is 12.3 Å². The van der Waals surface area contributed by atoms with E-state index in [4.69, 9.17) is 14.2 Å². The van der Waals surface area contributed by atoms with Gasteiger partial charge in [-0.15, -0.1) is 0 Å². The van der Waals surface area contributed by atoms with Gasteiger partial charge in [0.25, 0.3) is 0 Å². The molecule has 1 unspecified atom stereocenters. The highest BCUT2D eigenvalue weighted by Gasteiger charge is 2.13. The highest BCUT2D eigenvalue weighted by Crippen LogP contribution is 2.14. The molecule has 0 aliphatic carbocycles. The summed E-state index contributed by atoms with van der Waals surface area (Å²) >= 11 is 0. The van der Waals surface area contributed by atoms with E-state index in [1.54, 1.807) is 12.1 Å². The quantitative estimate of drug-likeness (QED) is 0.567. The van der Waals surface area contributed by atoms with E-state index < -0.39 is 0 Å². The van der Waals surface area contributed by atoms with Crippen LogP contribution in [0.2, 0.25) is 0 Å². The molecule has 1 atom stereocenters. The maximum absolute atomic E-state index is 11.7. The Morgan fingerprint density at radius 3 is 2.70 bits per heavy atom. The third-order valence-electron chi connectivity index (χ3n) is 3.22. The summed E-state index contributed by atoms with van der Waals surface area (Å²) in [5, 5.41) is 0. The molecule has 1 aliphatic rings. The molecule has 1 saturated heterocycles. The van der Waals surface area contributed by atoms with Gasteiger partial charge in [0.05, 0.1) is 12.2 Å². The van der Waals surface area contributed by atoms with Crippen molar-refractivity contribution in [2.24, 2.45) is 0 Å². The maximum Gasteiger partial charge on any atom is 0.338 e. The first-order valence-electron chi connectivity index (χ1n) is 7.31. The molecule has 0 N–H and O–H groups in total. The number of carbonyl (C=O) groups excluding carboxylic acids is 1. The Hall–Kier alpha value is -1.39. The number of carbonyl (C=O) groups is 1. The van der Waals surface area contributed by atoms with E-state index in [0.29, 0.717) is 18.8 Å². The maximum atomic E-state index is 11.7. The first-order chi connectivity index (χ1) is 9.86. The molecule has 1 aromatic rings. The summed E-state index contributed by atoms with van der Waals surface area (Å²) in [4.78, 5) is 11.7. The SMILES string of the molecule is O=C(OCCCCOC1CCCCO1)c1ccccc1.